The number of benzene rings is 2. The van der Waals surface area contributed by atoms with E-state index in [0.29, 0.717) is 22.9 Å². The highest BCUT2D eigenvalue weighted by Gasteiger charge is 2.47. The summed E-state index contributed by atoms with van der Waals surface area (Å²) >= 11 is 4.57. The van der Waals surface area contributed by atoms with E-state index in [2.05, 4.69) is 15.9 Å². The molecule has 0 bridgehead atoms. The summed E-state index contributed by atoms with van der Waals surface area (Å²) in [6, 6.07) is 11.7. The van der Waals surface area contributed by atoms with Crippen LogP contribution in [0.5, 0.6) is 0 Å². The molecule has 4 rings (SSSR count). The maximum absolute atomic E-state index is 14.9. The first-order valence-corrected chi connectivity index (χ1v) is 11.6. The number of hydrogen-bond acceptors (Lipinski definition) is 3. The van der Waals surface area contributed by atoms with E-state index in [0.717, 1.165) is 30.9 Å². The third-order valence-electron chi connectivity index (χ3n) is 5.87. The first-order valence-electron chi connectivity index (χ1n) is 9.83. The fraction of sp³-hybridized carbons (Fsp3) is 0.364. The number of thioether (sulfide) groups is 1. The molecular weight excluding hydrogens is 474 g/mol. The normalized spacial score (nSPS) is 23.4. The summed E-state index contributed by atoms with van der Waals surface area (Å²) in [6.07, 6.45) is 2.27. The highest BCUT2D eigenvalue weighted by Crippen LogP contribution is 2.51. The Bertz CT molecular complexity index is 989. The summed E-state index contributed by atoms with van der Waals surface area (Å²) in [5.41, 5.74) is 0.297. The molecule has 2 aliphatic rings. The second-order valence-corrected chi connectivity index (χ2v) is 9.51. The van der Waals surface area contributed by atoms with Crippen LogP contribution >= 0.6 is 27.7 Å². The Hall–Kier alpha value is -1.93. The zero-order valence-corrected chi connectivity index (χ0v) is 18.6. The molecule has 1 aliphatic carbocycles. The molecule has 2 aromatic rings. The molecule has 0 aromatic heterocycles. The highest BCUT2D eigenvalue weighted by molar-refractivity contribution is 9.10. The molecule has 4 nitrogen and oxygen atoms in total. The van der Waals surface area contributed by atoms with Crippen LogP contribution in [0.25, 0.3) is 0 Å². The number of rotatable bonds is 3. The molecular formula is C22H21BrF2N2O2S. The quantitative estimate of drug-likeness (QED) is 0.502. The summed E-state index contributed by atoms with van der Waals surface area (Å²) in [6.45, 7) is 0.165. The number of halogens is 3. The zero-order valence-electron chi connectivity index (χ0n) is 16.2. The first-order chi connectivity index (χ1) is 14.4. The summed E-state index contributed by atoms with van der Waals surface area (Å²) in [5, 5.41) is 10.2. The van der Waals surface area contributed by atoms with Crippen molar-refractivity contribution in [1.29, 1.82) is 0 Å². The molecule has 1 amide bonds. The molecule has 1 heterocycles. The number of hydrogen-bond donors (Lipinski definition) is 1. The van der Waals surface area contributed by atoms with Crippen LogP contribution in [0.4, 0.5) is 13.6 Å². The van der Waals surface area contributed by atoms with E-state index in [1.165, 1.54) is 22.7 Å². The van der Waals surface area contributed by atoms with Crippen LogP contribution in [0.3, 0.4) is 0 Å². The van der Waals surface area contributed by atoms with Gasteiger partial charge in [0.2, 0.25) is 0 Å². The fourth-order valence-electron chi connectivity index (χ4n) is 4.37. The zero-order chi connectivity index (χ0) is 21.3. The van der Waals surface area contributed by atoms with E-state index in [4.69, 9.17) is 4.99 Å². The lowest BCUT2D eigenvalue weighted by atomic mass is 9.69. The average molecular weight is 495 g/mol. The van der Waals surface area contributed by atoms with Crippen molar-refractivity contribution >= 4 is 39.0 Å². The van der Waals surface area contributed by atoms with Crippen LogP contribution in [-0.4, -0.2) is 27.0 Å². The van der Waals surface area contributed by atoms with Crippen molar-refractivity contribution < 1.29 is 18.7 Å². The number of aliphatic imine (C=N–C) groups is 1. The number of nitrogens with zero attached hydrogens (tertiary/aromatic N) is 2. The number of amidine groups is 1. The molecule has 2 aromatic carbocycles. The molecule has 1 fully saturated rings. The van der Waals surface area contributed by atoms with E-state index < -0.39 is 23.3 Å². The SMILES string of the molecule is O=C(O)N(Cc1ccccc1)C1=N[C@@]2(c3cc(Br)c(F)cc3F)CCCC[C@@H]2CS1. The van der Waals surface area contributed by atoms with Gasteiger partial charge >= 0.3 is 6.09 Å². The van der Waals surface area contributed by atoms with Crippen LogP contribution in [0.2, 0.25) is 0 Å². The van der Waals surface area contributed by atoms with Crippen LogP contribution in [0.1, 0.15) is 36.8 Å². The number of carbonyl (C=O) groups is 1. The predicted octanol–water partition coefficient (Wildman–Crippen LogP) is 6.40. The Kier molecular flexibility index (Phi) is 6.16. The maximum Gasteiger partial charge on any atom is 0.413 e. The molecule has 1 saturated carbocycles. The summed E-state index contributed by atoms with van der Waals surface area (Å²) in [7, 11) is 0. The molecule has 0 radical (unpaired) electrons. The molecule has 0 unspecified atom stereocenters. The molecule has 2 atom stereocenters. The highest BCUT2D eigenvalue weighted by atomic mass is 79.9. The van der Waals surface area contributed by atoms with Gasteiger partial charge in [-0.1, -0.05) is 54.9 Å². The van der Waals surface area contributed by atoms with Crippen molar-refractivity contribution in [3.05, 3.63) is 69.7 Å². The lowest BCUT2D eigenvalue weighted by Gasteiger charge is -2.45. The average Bonchev–Trinajstić information content (AvgIpc) is 2.74. The van der Waals surface area contributed by atoms with Crippen molar-refractivity contribution in [3.8, 4) is 0 Å². The van der Waals surface area contributed by atoms with Gasteiger partial charge in [0.05, 0.1) is 16.6 Å². The minimum absolute atomic E-state index is 0.0687. The van der Waals surface area contributed by atoms with E-state index >= 15 is 0 Å². The van der Waals surface area contributed by atoms with Gasteiger partial charge in [0.1, 0.15) is 11.6 Å². The fourth-order valence-corrected chi connectivity index (χ4v) is 6.03. The van der Waals surface area contributed by atoms with Crippen molar-refractivity contribution in [2.24, 2.45) is 10.9 Å². The van der Waals surface area contributed by atoms with Crippen molar-refractivity contribution in [1.82, 2.24) is 4.90 Å². The third kappa shape index (κ3) is 3.99. The monoisotopic (exact) mass is 494 g/mol. The third-order valence-corrected chi connectivity index (χ3v) is 7.61. The lowest BCUT2D eigenvalue weighted by Crippen LogP contribution is -2.46. The lowest BCUT2D eigenvalue weighted by molar-refractivity contribution is 0.165. The molecule has 158 valence electrons. The molecule has 0 saturated heterocycles. The van der Waals surface area contributed by atoms with Gasteiger partial charge < -0.3 is 5.11 Å². The summed E-state index contributed by atoms with van der Waals surface area (Å²) < 4.78 is 29.0. The Morgan fingerprint density at radius 3 is 2.73 bits per heavy atom. The Morgan fingerprint density at radius 1 is 1.23 bits per heavy atom. The van der Waals surface area contributed by atoms with E-state index in [1.54, 1.807) is 0 Å². The van der Waals surface area contributed by atoms with Gasteiger partial charge in [0.15, 0.2) is 5.17 Å². The summed E-state index contributed by atoms with van der Waals surface area (Å²) in [4.78, 5) is 18.2. The van der Waals surface area contributed by atoms with Gasteiger partial charge in [-0.05, 0) is 46.3 Å². The number of fused-ring (bicyclic) bond motifs is 1. The Morgan fingerprint density at radius 2 is 2.00 bits per heavy atom. The first kappa shape index (κ1) is 21.3. The van der Waals surface area contributed by atoms with Gasteiger partial charge in [0.25, 0.3) is 0 Å². The van der Waals surface area contributed by atoms with Crippen LogP contribution in [-0.2, 0) is 12.1 Å². The van der Waals surface area contributed by atoms with Crippen molar-refractivity contribution in [2.45, 2.75) is 37.8 Å². The molecule has 8 heteroatoms. The van der Waals surface area contributed by atoms with Gasteiger partial charge in [-0.3, -0.25) is 9.89 Å². The minimum atomic E-state index is -1.10. The molecule has 1 N–H and O–H groups in total. The van der Waals surface area contributed by atoms with Crippen molar-refractivity contribution in [2.75, 3.05) is 5.75 Å². The van der Waals surface area contributed by atoms with Gasteiger partial charge in [0, 0.05) is 17.4 Å². The van der Waals surface area contributed by atoms with E-state index in [1.807, 2.05) is 30.3 Å². The maximum atomic E-state index is 14.9. The Labute approximate surface area is 186 Å². The minimum Gasteiger partial charge on any atom is -0.465 e. The van der Waals surface area contributed by atoms with Gasteiger partial charge in [-0.25, -0.2) is 13.6 Å². The topological polar surface area (TPSA) is 52.9 Å². The second kappa shape index (κ2) is 8.67. The van der Waals surface area contributed by atoms with Crippen LogP contribution < -0.4 is 0 Å². The molecule has 1 aliphatic heterocycles. The molecule has 30 heavy (non-hydrogen) atoms. The Balaban J connectivity index is 1.79. The number of carboxylic acid groups (broad SMARTS) is 1. The van der Waals surface area contributed by atoms with Crippen molar-refractivity contribution in [3.63, 3.8) is 0 Å². The van der Waals surface area contributed by atoms with Gasteiger partial charge in [-0.15, -0.1) is 0 Å². The predicted molar refractivity (Wildman–Crippen MR) is 118 cm³/mol. The standard InChI is InChI=1S/C22H21BrF2N2O2S/c23-17-10-16(18(24)11-19(17)25)22-9-5-4-8-15(22)13-30-20(26-22)27(21(28)29)12-14-6-2-1-3-7-14/h1-3,6-7,10-11,15H,4-5,8-9,12-13H2,(H,28,29)/t15-,22+/m1/s1. The second-order valence-electron chi connectivity index (χ2n) is 7.67. The van der Waals surface area contributed by atoms with Crippen LogP contribution in [0.15, 0.2) is 51.9 Å². The van der Waals surface area contributed by atoms with E-state index in [9.17, 15) is 18.7 Å². The summed E-state index contributed by atoms with van der Waals surface area (Å²) in [5.74, 6) is -0.585. The largest absolute Gasteiger partial charge is 0.465 e. The smallest absolute Gasteiger partial charge is 0.413 e. The van der Waals surface area contributed by atoms with Crippen LogP contribution in [0, 0.1) is 17.6 Å². The molecule has 0 spiro atoms. The van der Waals surface area contributed by atoms with Gasteiger partial charge in [-0.2, -0.15) is 0 Å². The van der Waals surface area contributed by atoms with E-state index in [-0.39, 0.29) is 16.9 Å². The number of amides is 1.